The predicted molar refractivity (Wildman–Crippen MR) is 83.5 cm³/mol. The van der Waals surface area contributed by atoms with Gasteiger partial charge in [-0.3, -0.25) is 4.79 Å². The molecule has 2 aromatic rings. The van der Waals surface area contributed by atoms with Crippen molar-refractivity contribution in [1.82, 2.24) is 9.71 Å². The summed E-state index contributed by atoms with van der Waals surface area (Å²) in [7, 11) is 2.39. The number of nitrogens with zero attached hydrogens (tertiary/aromatic N) is 1. The number of carbonyl (C=O) groups excluding carboxylic acids is 1. The molecule has 1 aromatic carbocycles. The maximum Gasteiger partial charge on any atom is 0.265 e. The van der Waals surface area contributed by atoms with Crippen molar-refractivity contribution >= 4 is 37.6 Å². The van der Waals surface area contributed by atoms with Crippen LogP contribution >= 0.6 is 21.7 Å². The minimum Gasteiger partial charge on any atom is -0.439 e. The van der Waals surface area contributed by atoms with Gasteiger partial charge in [-0.05, 0) is 39.9 Å². The van der Waals surface area contributed by atoms with Crippen molar-refractivity contribution in [3.63, 3.8) is 0 Å². The highest BCUT2D eigenvalue weighted by molar-refractivity contribution is 8.21. The molecular weight excluding hydrogens is 348 g/mol. The number of aromatic nitrogens is 1. The van der Waals surface area contributed by atoms with Gasteiger partial charge < -0.3 is 4.74 Å². The van der Waals surface area contributed by atoms with Crippen LogP contribution in [0, 0.1) is 0 Å². The van der Waals surface area contributed by atoms with Gasteiger partial charge >= 0.3 is 0 Å². The molecule has 22 heavy (non-hydrogen) atoms. The van der Waals surface area contributed by atoms with Crippen molar-refractivity contribution in [2.45, 2.75) is 16.7 Å². The number of hydrogen-bond donors (Lipinski definition) is 1. The number of hydrogen-bond acceptors (Lipinski definition) is 6. The number of rotatable bonds is 5. The molecule has 9 heteroatoms. The van der Waals surface area contributed by atoms with Gasteiger partial charge in [-0.15, -0.1) is 0 Å². The van der Waals surface area contributed by atoms with Gasteiger partial charge in [-0.2, -0.15) is 0 Å². The zero-order valence-corrected chi connectivity index (χ0v) is 13.7. The Kier molecular flexibility index (Phi) is 5.28. The molecule has 1 amide bonds. The molecule has 0 aliphatic rings. The van der Waals surface area contributed by atoms with Gasteiger partial charge in [0.05, 0.1) is 0 Å². The zero-order valence-electron chi connectivity index (χ0n) is 11.3. The third-order valence-corrected chi connectivity index (χ3v) is 5.05. The summed E-state index contributed by atoms with van der Waals surface area (Å²) in [4.78, 5) is 15.2. The van der Waals surface area contributed by atoms with Crippen LogP contribution in [0.3, 0.4) is 0 Å². The molecule has 1 aromatic heterocycles. The molecule has 0 saturated heterocycles. The van der Waals surface area contributed by atoms with Crippen molar-refractivity contribution in [1.29, 1.82) is 0 Å². The van der Waals surface area contributed by atoms with E-state index in [2.05, 4.69) is 4.98 Å². The van der Waals surface area contributed by atoms with Crippen molar-refractivity contribution in [3.8, 4) is 11.6 Å². The second-order valence-electron chi connectivity index (χ2n) is 4.12. The van der Waals surface area contributed by atoms with Crippen LogP contribution in [-0.4, -0.2) is 19.3 Å². The smallest absolute Gasteiger partial charge is 0.265 e. The van der Waals surface area contributed by atoms with E-state index in [1.165, 1.54) is 12.1 Å². The summed E-state index contributed by atoms with van der Waals surface area (Å²) in [5.74, 6) is -0.115. The van der Waals surface area contributed by atoms with Gasteiger partial charge in [-0.1, -0.05) is 6.07 Å². The summed E-state index contributed by atoms with van der Waals surface area (Å²) in [6, 6.07) is 9.43. The van der Waals surface area contributed by atoms with E-state index in [-0.39, 0.29) is 15.5 Å². The molecule has 0 bridgehead atoms. The Hall–Kier alpha value is -1.77. The fraction of sp³-hybridized carbons (Fsp3) is 0.0769. The minimum atomic E-state index is -4.02. The molecule has 1 N–H and O–H groups in total. The number of benzene rings is 1. The zero-order chi connectivity index (χ0) is 16.2. The molecule has 0 radical (unpaired) electrons. The van der Waals surface area contributed by atoms with E-state index in [9.17, 15) is 13.2 Å². The number of carbonyl (C=O) groups is 1. The largest absolute Gasteiger partial charge is 0.439 e. The Morgan fingerprint density at radius 1 is 1.32 bits per heavy atom. The monoisotopic (exact) mass is 358 g/mol. The fourth-order valence-electron chi connectivity index (χ4n) is 1.60. The number of amides is 1. The molecule has 0 spiro atoms. The molecule has 1 heterocycles. The molecule has 0 fully saturated rings. The highest BCUT2D eigenvalue weighted by Gasteiger charge is 2.21. The molecular formula is C13H11ClN2O4S2. The first kappa shape index (κ1) is 16.6. The number of pyridine rings is 1. The van der Waals surface area contributed by atoms with Crippen molar-refractivity contribution in [2.24, 2.45) is 0 Å². The lowest BCUT2D eigenvalue weighted by Crippen LogP contribution is -2.28. The van der Waals surface area contributed by atoms with E-state index < -0.39 is 15.9 Å². The second-order valence-corrected chi connectivity index (χ2v) is 6.83. The van der Waals surface area contributed by atoms with Crippen molar-refractivity contribution in [2.75, 3.05) is 0 Å². The van der Waals surface area contributed by atoms with Crippen LogP contribution in [0.15, 0.2) is 52.4 Å². The minimum absolute atomic E-state index is 0.142. The second kappa shape index (κ2) is 6.99. The van der Waals surface area contributed by atoms with E-state index in [1.54, 1.807) is 30.5 Å². The predicted octanol–water partition coefficient (Wildman–Crippen LogP) is 2.94. The van der Waals surface area contributed by atoms with Gasteiger partial charge in [-0.25, -0.2) is 18.1 Å². The van der Waals surface area contributed by atoms with Gasteiger partial charge in [0, 0.05) is 30.1 Å². The van der Waals surface area contributed by atoms with E-state index >= 15 is 0 Å². The Balaban J connectivity index is 2.40. The summed E-state index contributed by atoms with van der Waals surface area (Å²) in [5.41, 5.74) is 0. The molecule has 116 valence electrons. The van der Waals surface area contributed by atoms with E-state index in [0.717, 1.165) is 17.9 Å². The van der Waals surface area contributed by atoms with Gasteiger partial charge in [0.2, 0.25) is 11.8 Å². The summed E-state index contributed by atoms with van der Waals surface area (Å²) >= 11 is 0. The normalized spacial score (nSPS) is 11.0. The van der Waals surface area contributed by atoms with Crippen LogP contribution in [0.2, 0.25) is 0 Å². The van der Waals surface area contributed by atoms with Crippen LogP contribution in [0.5, 0.6) is 11.6 Å². The average Bonchev–Trinajstić information content (AvgIpc) is 2.47. The maximum absolute atomic E-state index is 12.2. The first-order valence-corrected chi connectivity index (χ1v) is 9.10. The first-order valence-electron chi connectivity index (χ1n) is 5.97. The number of ether oxygens (including phenoxy) is 1. The van der Waals surface area contributed by atoms with E-state index in [0.29, 0.717) is 5.88 Å². The van der Waals surface area contributed by atoms with E-state index in [4.69, 9.17) is 15.4 Å². The summed E-state index contributed by atoms with van der Waals surface area (Å²) < 4.78 is 31.7. The molecule has 0 aliphatic heterocycles. The number of nitrogens with one attached hydrogen (secondary N) is 1. The van der Waals surface area contributed by atoms with Crippen LogP contribution in [0.25, 0.3) is 0 Å². The van der Waals surface area contributed by atoms with Gasteiger partial charge in [0.1, 0.15) is 10.6 Å². The van der Waals surface area contributed by atoms with E-state index in [1.807, 2.05) is 4.72 Å². The average molecular weight is 359 g/mol. The number of sulfonamides is 1. The Labute approximate surface area is 136 Å². The molecule has 6 nitrogen and oxygen atoms in total. The van der Waals surface area contributed by atoms with Gasteiger partial charge in [0.25, 0.3) is 10.0 Å². The lowest BCUT2D eigenvalue weighted by molar-refractivity contribution is -0.117. The molecule has 0 atom stereocenters. The molecule has 0 unspecified atom stereocenters. The summed E-state index contributed by atoms with van der Waals surface area (Å²) in [6.07, 6.45) is 1.55. The lowest BCUT2D eigenvalue weighted by Gasteiger charge is -2.11. The van der Waals surface area contributed by atoms with Crippen LogP contribution in [0.1, 0.15) is 6.92 Å². The topological polar surface area (TPSA) is 85.4 Å². The quantitative estimate of drug-likeness (QED) is 0.884. The lowest BCUT2D eigenvalue weighted by atomic mass is 10.3. The Morgan fingerprint density at radius 2 is 2.09 bits per heavy atom. The third-order valence-electron chi connectivity index (χ3n) is 2.43. The maximum atomic E-state index is 12.2. The first-order chi connectivity index (χ1) is 10.4. The molecule has 0 saturated carbocycles. The summed E-state index contributed by atoms with van der Waals surface area (Å²) in [6.45, 7) is 1.11. The molecule has 0 aliphatic carbocycles. The van der Waals surface area contributed by atoms with Crippen molar-refractivity contribution < 1.29 is 17.9 Å². The van der Waals surface area contributed by atoms with Gasteiger partial charge in [0.15, 0.2) is 0 Å². The Morgan fingerprint density at radius 3 is 2.68 bits per heavy atom. The van der Waals surface area contributed by atoms with Crippen LogP contribution in [-0.2, 0) is 14.8 Å². The number of halogens is 1. The third kappa shape index (κ3) is 4.12. The van der Waals surface area contributed by atoms with Crippen molar-refractivity contribution in [3.05, 3.63) is 42.6 Å². The SMILES string of the molecule is CC(=O)NS(=O)(=O)c1cc(Oc2ccccn2)ccc1SCl. The highest BCUT2D eigenvalue weighted by Crippen LogP contribution is 2.33. The fourth-order valence-corrected chi connectivity index (χ4v) is 3.94. The van der Waals surface area contributed by atoms with Crippen LogP contribution in [0.4, 0.5) is 0 Å². The highest BCUT2D eigenvalue weighted by atomic mass is 35.7. The standard InChI is InChI=1S/C13H11ClN2O4S2/c1-9(17)16-22(18,19)12-8-10(5-6-11(12)21-14)20-13-4-2-3-7-15-13/h2-8H,1H3,(H,16,17). The molecule has 2 rings (SSSR count). The summed E-state index contributed by atoms with van der Waals surface area (Å²) in [5, 5.41) is 0. The van der Waals surface area contributed by atoms with Crippen LogP contribution < -0.4 is 9.46 Å². The Bertz CT molecular complexity index is 782.